The Morgan fingerprint density at radius 2 is 2.54 bits per heavy atom. The summed E-state index contributed by atoms with van der Waals surface area (Å²) in [5, 5.41) is 11.5. The summed E-state index contributed by atoms with van der Waals surface area (Å²) in [5.41, 5.74) is -2.41. The maximum Gasteiger partial charge on any atom is 0.320 e. The minimum atomic E-state index is -3.73. The molecule has 0 aromatic carbocycles. The number of hydrogen-bond acceptors (Lipinski definition) is 3. The number of carboxylic acids is 1. The monoisotopic (exact) mass is 197 g/mol. The molecule has 4 nitrogen and oxygen atoms in total. The number of hydrogen-bond donors (Lipinski definition) is 3. The molecule has 0 fully saturated rings. The number of nitrogens with two attached hydrogens (primary N) is 1. The summed E-state index contributed by atoms with van der Waals surface area (Å²) in [6.07, 6.45) is -10.2. The second kappa shape index (κ2) is 5.19. The summed E-state index contributed by atoms with van der Waals surface area (Å²) in [6, 6.07) is -3.67. The Hall–Kier alpha value is -0.610. The normalized spacial score (nSPS) is 30.3. The van der Waals surface area contributed by atoms with E-state index in [9.17, 15) is 4.79 Å². The lowest BCUT2D eigenvalue weighted by molar-refractivity contribution is -0.138. The average molecular weight is 197 g/mol. The molecule has 4 heteroatoms. The molecule has 0 aromatic heterocycles. The molecule has 4 N–H and O–H groups in total. The van der Waals surface area contributed by atoms with Gasteiger partial charge in [-0.15, -0.1) is 0 Å². The van der Waals surface area contributed by atoms with Gasteiger partial charge in [0, 0.05) is 13.8 Å². The largest absolute Gasteiger partial charge is 0.480 e. The van der Waals surface area contributed by atoms with Crippen LogP contribution in [0.15, 0.2) is 0 Å². The third-order valence-electron chi connectivity index (χ3n) is 1.38. The molecule has 0 spiro atoms. The Morgan fingerprint density at radius 1 is 1.92 bits per heavy atom. The molecule has 0 amide bonds. The van der Waals surface area contributed by atoms with E-state index in [4.69, 9.17) is 17.5 Å². The fourth-order valence-corrected chi connectivity index (χ4v) is 0.363. The summed E-state index contributed by atoms with van der Waals surface area (Å²) in [4.78, 5) is 11.2. The molecule has 0 aliphatic rings. The van der Waals surface area contributed by atoms with E-state index >= 15 is 0 Å². The van der Waals surface area contributed by atoms with Crippen molar-refractivity contribution in [3.8, 4) is 0 Å². The van der Waals surface area contributed by atoms with Crippen LogP contribution in [0.4, 0.5) is 0 Å². The molecule has 0 saturated heterocycles. The molecule has 0 rings (SSSR count). The van der Waals surface area contributed by atoms with Crippen LogP contribution in [0.1, 0.15) is 42.6 Å². The van der Waals surface area contributed by atoms with E-state index in [0.29, 0.717) is 0 Å². The Labute approximate surface area is 90.9 Å². The van der Waals surface area contributed by atoms with Crippen molar-refractivity contribution in [2.24, 2.45) is 5.72 Å². The van der Waals surface area contributed by atoms with Gasteiger partial charge in [0.15, 0.2) is 0 Å². The number of nitrogens with one attached hydrogen (secondary N) is 1. The van der Waals surface area contributed by atoms with E-state index in [1.54, 1.807) is 0 Å². The molecule has 0 aliphatic carbocycles. The minimum Gasteiger partial charge on any atom is -0.480 e. The van der Waals surface area contributed by atoms with Gasteiger partial charge in [0.25, 0.3) is 0 Å². The van der Waals surface area contributed by atoms with E-state index in [0.717, 1.165) is 0 Å². The van der Waals surface area contributed by atoms with E-state index in [1.165, 1.54) is 20.9 Å². The molecular weight excluding hydrogens is 168 g/mol. The zero-order valence-electron chi connectivity index (χ0n) is 16.8. The molecule has 0 aliphatic heterocycles. The van der Waals surface area contributed by atoms with Gasteiger partial charge in [-0.1, -0.05) is 0 Å². The predicted octanol–water partition coefficient (Wildman–Crippen LogP) is 0.567. The predicted molar refractivity (Wildman–Crippen MR) is 52.6 cm³/mol. The van der Waals surface area contributed by atoms with Gasteiger partial charge in [-0.25, -0.2) is 0 Å². The maximum absolute atomic E-state index is 11.2. The van der Waals surface area contributed by atoms with Crippen molar-refractivity contribution in [3.63, 3.8) is 0 Å². The molecule has 13 heavy (non-hydrogen) atoms. The third kappa shape index (κ3) is 5.60. The van der Waals surface area contributed by atoms with Crippen molar-refractivity contribution in [2.75, 3.05) is 7.05 Å². The third-order valence-corrected chi connectivity index (χ3v) is 1.38. The standard InChI is InChI=1S/C9H20N2O2/c1-9(2,11-3)6-4-5-7(10)8(12)13/h7,11H,4-6,10H2,1-3H3,(H,12,13)/t7-/m0/s1/i4D2,5D2,6D2,7D/hD2. The van der Waals surface area contributed by atoms with Gasteiger partial charge in [0.2, 0.25) is 0 Å². The highest BCUT2D eigenvalue weighted by atomic mass is 16.4. The van der Waals surface area contributed by atoms with Crippen molar-refractivity contribution in [1.82, 2.24) is 5.32 Å². The van der Waals surface area contributed by atoms with E-state index in [-0.39, 0.29) is 0 Å². The van der Waals surface area contributed by atoms with Crippen molar-refractivity contribution >= 4 is 5.97 Å². The fraction of sp³-hybridized carbons (Fsp3) is 0.889. The van der Waals surface area contributed by atoms with Crippen molar-refractivity contribution < 1.29 is 22.3 Å². The first-order valence-corrected chi connectivity index (χ1v) is 3.65. The van der Waals surface area contributed by atoms with Crippen molar-refractivity contribution in [1.29, 1.82) is 0 Å². The summed E-state index contributed by atoms with van der Waals surface area (Å²) in [5.74, 6) is -2.27. The Kier molecular flexibility index (Phi) is 1.54. The maximum atomic E-state index is 11.2. The lowest BCUT2D eigenvalue weighted by Gasteiger charge is -2.24. The van der Waals surface area contributed by atoms with Crippen LogP contribution in [0.5, 0.6) is 0 Å². The van der Waals surface area contributed by atoms with Crippen LogP contribution in [0.3, 0.4) is 0 Å². The van der Waals surface area contributed by atoms with Gasteiger partial charge in [-0.05, 0) is 40.0 Å². The Balaban J connectivity index is 6.34. The first-order valence-electron chi connectivity index (χ1n) is 8.05. The van der Waals surface area contributed by atoms with Crippen LogP contribution in [0, 0.1) is 0 Å². The number of rotatable bonds is 7. The topological polar surface area (TPSA) is 75.4 Å². The summed E-state index contributed by atoms with van der Waals surface area (Å²) in [6.45, 7) is 2.49. The highest BCUT2D eigenvalue weighted by Gasteiger charge is 2.16. The lowest BCUT2D eigenvalue weighted by atomic mass is 9.96. The Bertz CT molecular complexity index is 441. The Morgan fingerprint density at radius 3 is 2.92 bits per heavy atom. The fourth-order valence-electron chi connectivity index (χ4n) is 0.363. The van der Waals surface area contributed by atoms with Crippen LogP contribution in [0.2, 0.25) is 2.82 Å². The molecule has 0 unspecified atom stereocenters. The zero-order chi connectivity index (χ0) is 18.4. The molecule has 0 heterocycles. The SMILES string of the molecule is [2H]N([2H])[C@]([2H])(C(=O)O)C([2H])([2H])C([2H])([2H])C([2H])([2H])C(C)(C)NC. The van der Waals surface area contributed by atoms with Crippen LogP contribution >= 0.6 is 0 Å². The van der Waals surface area contributed by atoms with Gasteiger partial charge in [0.05, 0.1) is 1.37 Å². The van der Waals surface area contributed by atoms with Crippen LogP contribution < -0.4 is 11.0 Å². The second-order valence-corrected chi connectivity index (χ2v) is 2.90. The first-order chi connectivity index (χ1) is 9.45. The summed E-state index contributed by atoms with van der Waals surface area (Å²) < 4.78 is 68.5. The molecule has 1 atom stereocenters. The molecule has 0 radical (unpaired) electrons. The van der Waals surface area contributed by atoms with Crippen LogP contribution in [-0.4, -0.2) is 29.7 Å². The summed E-state index contributed by atoms with van der Waals surface area (Å²) >= 11 is 0. The number of aliphatic carboxylic acids is 1. The highest BCUT2D eigenvalue weighted by molar-refractivity contribution is 5.72. The van der Waals surface area contributed by atoms with Crippen molar-refractivity contribution in [2.45, 2.75) is 44.5 Å². The average Bonchev–Trinajstić information content (AvgIpc) is 2.35. The molecule has 0 saturated carbocycles. The molecule has 0 aromatic rings. The zero-order valence-corrected chi connectivity index (χ0v) is 7.80. The number of carbonyl (C=O) groups is 1. The first kappa shape index (κ1) is 3.87. The summed E-state index contributed by atoms with van der Waals surface area (Å²) in [7, 11) is 1.32. The highest BCUT2D eigenvalue weighted by Crippen LogP contribution is 2.12. The van der Waals surface area contributed by atoms with Crippen molar-refractivity contribution in [3.05, 3.63) is 0 Å². The lowest BCUT2D eigenvalue weighted by Crippen LogP contribution is -2.37. The van der Waals surface area contributed by atoms with E-state index in [2.05, 4.69) is 5.32 Å². The minimum absolute atomic E-state index is 0.782. The molecular formula is C9H20N2O2. The van der Waals surface area contributed by atoms with Crippen LogP contribution in [0.25, 0.3) is 0 Å². The quantitative estimate of drug-likeness (QED) is 0.557. The van der Waals surface area contributed by atoms with Gasteiger partial charge in [0.1, 0.15) is 8.84 Å². The van der Waals surface area contributed by atoms with Gasteiger partial charge >= 0.3 is 5.97 Å². The second-order valence-electron chi connectivity index (χ2n) is 2.90. The van der Waals surface area contributed by atoms with E-state index < -0.39 is 42.4 Å². The molecule has 0 bridgehead atoms. The smallest absolute Gasteiger partial charge is 0.320 e. The van der Waals surface area contributed by atoms with E-state index in [1.807, 2.05) is 0 Å². The number of carboxylic acid groups (broad SMARTS) is 1. The van der Waals surface area contributed by atoms with Gasteiger partial charge in [-0.3, -0.25) is 4.79 Å². The van der Waals surface area contributed by atoms with Gasteiger partial charge < -0.3 is 16.1 Å². The van der Waals surface area contributed by atoms with Crippen LogP contribution in [-0.2, 0) is 4.79 Å². The molecule has 78 valence electrons. The van der Waals surface area contributed by atoms with Gasteiger partial charge in [-0.2, -0.15) is 0 Å².